The Morgan fingerprint density at radius 2 is 2.07 bits per heavy atom. The highest BCUT2D eigenvalue weighted by molar-refractivity contribution is 7.86. The number of ketones is 1. The normalized spacial score (nSPS) is 12.5. The predicted molar refractivity (Wildman–Crippen MR) is 109 cm³/mol. The molecule has 0 saturated carbocycles. The average Bonchev–Trinajstić information content (AvgIpc) is 3.18. The summed E-state index contributed by atoms with van der Waals surface area (Å²) in [6.07, 6.45) is 5.55. The topological polar surface area (TPSA) is 165 Å². The number of imidazole rings is 1. The molecule has 12 heteroatoms. The van der Waals surface area contributed by atoms with E-state index in [1.165, 1.54) is 6.07 Å². The van der Waals surface area contributed by atoms with Crippen LogP contribution < -0.4 is 11.1 Å². The largest absolute Gasteiger partial charge is 0.506 e. The Balaban J connectivity index is 1.81. The summed E-state index contributed by atoms with van der Waals surface area (Å²) in [6.45, 7) is 1.12. The van der Waals surface area contributed by atoms with Crippen LogP contribution in [0.1, 0.15) is 24.8 Å². The summed E-state index contributed by atoms with van der Waals surface area (Å²) in [5.41, 5.74) is 5.76. The number of hydrogen-bond acceptors (Lipinski definition) is 7. The van der Waals surface area contributed by atoms with Crippen molar-refractivity contribution in [2.24, 2.45) is 5.73 Å². The van der Waals surface area contributed by atoms with Crippen LogP contribution in [-0.4, -0.2) is 51.9 Å². The lowest BCUT2D eigenvalue weighted by molar-refractivity contribution is -0.122. The molecule has 0 aliphatic carbocycles. The third kappa shape index (κ3) is 7.10. The zero-order valence-electron chi connectivity index (χ0n) is 16.0. The minimum absolute atomic E-state index is 0.0438. The van der Waals surface area contributed by atoms with Crippen LogP contribution in [0.15, 0.2) is 35.7 Å². The van der Waals surface area contributed by atoms with Crippen LogP contribution in [-0.2, 0) is 32.7 Å². The van der Waals surface area contributed by atoms with Crippen LogP contribution >= 0.6 is 11.6 Å². The van der Waals surface area contributed by atoms with Gasteiger partial charge in [-0.25, -0.2) is 4.98 Å². The second-order valence-electron chi connectivity index (χ2n) is 6.69. The molecular formula is C18H23ClN4O6S. The molecule has 30 heavy (non-hydrogen) atoms. The van der Waals surface area contributed by atoms with Crippen molar-refractivity contribution in [2.75, 3.05) is 6.54 Å². The molecule has 1 heterocycles. The molecule has 10 nitrogen and oxygen atoms in total. The van der Waals surface area contributed by atoms with Gasteiger partial charge in [-0.2, -0.15) is 8.42 Å². The van der Waals surface area contributed by atoms with Crippen molar-refractivity contribution in [2.45, 2.75) is 43.2 Å². The number of aromatic hydroxyl groups is 1. The molecular weight excluding hydrogens is 436 g/mol. The van der Waals surface area contributed by atoms with E-state index in [2.05, 4.69) is 10.3 Å². The Labute approximate surface area is 178 Å². The van der Waals surface area contributed by atoms with E-state index in [4.69, 9.17) is 21.9 Å². The van der Waals surface area contributed by atoms with Gasteiger partial charge in [0.15, 0.2) is 0 Å². The van der Waals surface area contributed by atoms with Gasteiger partial charge < -0.3 is 20.7 Å². The molecule has 5 N–H and O–H groups in total. The summed E-state index contributed by atoms with van der Waals surface area (Å²) in [5, 5.41) is 12.6. The number of nitrogens with two attached hydrogens (primary N) is 1. The van der Waals surface area contributed by atoms with Crippen molar-refractivity contribution >= 4 is 33.4 Å². The number of aryl methyl sites for hydroxylation is 1. The van der Waals surface area contributed by atoms with E-state index >= 15 is 0 Å². The molecule has 164 valence electrons. The monoisotopic (exact) mass is 458 g/mol. The van der Waals surface area contributed by atoms with E-state index in [9.17, 15) is 23.1 Å². The lowest BCUT2D eigenvalue weighted by Gasteiger charge is -2.13. The quantitative estimate of drug-likeness (QED) is 0.285. The van der Waals surface area contributed by atoms with E-state index in [0.717, 1.165) is 6.07 Å². The zero-order valence-corrected chi connectivity index (χ0v) is 17.6. The van der Waals surface area contributed by atoms with E-state index in [1.807, 2.05) is 10.8 Å². The van der Waals surface area contributed by atoms with Gasteiger partial charge in [-0.15, -0.1) is 0 Å². The van der Waals surface area contributed by atoms with Crippen molar-refractivity contribution in [1.82, 2.24) is 14.9 Å². The highest BCUT2D eigenvalue weighted by atomic mass is 35.5. The highest BCUT2D eigenvalue weighted by Gasteiger charge is 2.21. The Morgan fingerprint density at radius 1 is 1.33 bits per heavy atom. The first-order valence-corrected chi connectivity index (χ1v) is 10.9. The molecule has 1 aromatic heterocycles. The lowest BCUT2D eigenvalue weighted by Crippen LogP contribution is -2.41. The van der Waals surface area contributed by atoms with Gasteiger partial charge in [0.1, 0.15) is 16.4 Å². The van der Waals surface area contributed by atoms with Gasteiger partial charge in [-0.1, -0.05) is 11.6 Å². The van der Waals surface area contributed by atoms with Gasteiger partial charge >= 0.3 is 0 Å². The predicted octanol–water partition coefficient (Wildman–Crippen LogP) is 0.914. The molecule has 2 rings (SSSR count). The first-order valence-electron chi connectivity index (χ1n) is 9.07. The van der Waals surface area contributed by atoms with E-state index in [0.29, 0.717) is 19.5 Å². The van der Waals surface area contributed by atoms with Crippen LogP contribution in [0.25, 0.3) is 0 Å². The number of carbonyl (C=O) groups excluding carboxylic acids is 2. The van der Waals surface area contributed by atoms with Crippen LogP contribution in [0.5, 0.6) is 5.75 Å². The van der Waals surface area contributed by atoms with Gasteiger partial charge in [0.05, 0.1) is 12.4 Å². The van der Waals surface area contributed by atoms with Crippen LogP contribution in [0.3, 0.4) is 0 Å². The standard InChI is InChI=1S/C18H23ClN4O6S/c19-13-8-12(17(25)16(10-13)30(27,28)29)9-14(24)2-3-15(20)18(26)22-4-1-6-23-7-5-21-11-23/h5,7-8,10-11,15,25H,1-4,6,9,20H2,(H,22,26)(H,27,28,29)/t15-/m0/s1. The fourth-order valence-electron chi connectivity index (χ4n) is 2.73. The number of aromatic nitrogens is 2. The van der Waals surface area contributed by atoms with Gasteiger partial charge in [-0.05, 0) is 25.0 Å². The van der Waals surface area contributed by atoms with E-state index in [-0.39, 0.29) is 41.5 Å². The van der Waals surface area contributed by atoms with E-state index < -0.39 is 26.8 Å². The molecule has 0 spiro atoms. The summed E-state index contributed by atoms with van der Waals surface area (Å²) in [5.74, 6) is -1.50. The molecule has 0 fully saturated rings. The highest BCUT2D eigenvalue weighted by Crippen LogP contribution is 2.31. The summed E-state index contributed by atoms with van der Waals surface area (Å²) in [7, 11) is -4.70. The second-order valence-corrected chi connectivity index (χ2v) is 8.52. The molecule has 0 saturated heterocycles. The Bertz CT molecular complexity index is 994. The molecule has 0 bridgehead atoms. The molecule has 0 aliphatic heterocycles. The zero-order chi connectivity index (χ0) is 22.3. The number of amides is 1. The number of phenolic OH excluding ortho intramolecular Hbond substituents is 1. The summed E-state index contributed by atoms with van der Waals surface area (Å²) < 4.78 is 33.6. The lowest BCUT2D eigenvalue weighted by atomic mass is 10.0. The number of benzene rings is 1. The number of rotatable bonds is 11. The Morgan fingerprint density at radius 3 is 2.70 bits per heavy atom. The number of hydrogen-bond donors (Lipinski definition) is 4. The minimum atomic E-state index is -4.70. The minimum Gasteiger partial charge on any atom is -0.506 e. The first-order chi connectivity index (χ1) is 14.1. The summed E-state index contributed by atoms with van der Waals surface area (Å²) in [6, 6.07) is 1.23. The molecule has 0 unspecified atom stereocenters. The SMILES string of the molecule is N[C@@H](CCC(=O)Cc1cc(Cl)cc(S(=O)(=O)O)c1O)C(=O)NCCCn1ccnc1. The summed E-state index contributed by atoms with van der Waals surface area (Å²) in [4.78, 5) is 27.4. The third-order valence-corrected chi connectivity index (χ3v) is 5.39. The molecule has 2 aromatic rings. The maximum Gasteiger partial charge on any atom is 0.298 e. The third-order valence-electron chi connectivity index (χ3n) is 4.31. The van der Waals surface area contributed by atoms with Crippen molar-refractivity contribution in [3.8, 4) is 5.75 Å². The molecule has 1 amide bonds. The van der Waals surface area contributed by atoms with Gasteiger partial charge in [0, 0.05) is 48.9 Å². The maximum atomic E-state index is 12.2. The molecule has 0 aliphatic rings. The van der Waals surface area contributed by atoms with Crippen LogP contribution in [0.2, 0.25) is 5.02 Å². The van der Waals surface area contributed by atoms with Crippen molar-refractivity contribution in [1.29, 1.82) is 0 Å². The fraction of sp³-hybridized carbons (Fsp3) is 0.389. The second kappa shape index (κ2) is 10.5. The van der Waals surface area contributed by atoms with E-state index in [1.54, 1.807) is 12.5 Å². The number of Topliss-reactive ketones (excluding diaryl/α,β-unsaturated/α-hetero) is 1. The number of halogens is 1. The number of carbonyl (C=O) groups is 2. The summed E-state index contributed by atoms with van der Waals surface area (Å²) >= 11 is 5.80. The van der Waals surface area contributed by atoms with Gasteiger partial charge in [-0.3, -0.25) is 14.1 Å². The Kier molecular flexibility index (Phi) is 8.35. The van der Waals surface area contributed by atoms with Crippen LogP contribution in [0, 0.1) is 0 Å². The molecule has 0 radical (unpaired) electrons. The van der Waals surface area contributed by atoms with Crippen molar-refractivity contribution in [3.05, 3.63) is 41.4 Å². The van der Waals surface area contributed by atoms with Crippen LogP contribution in [0.4, 0.5) is 0 Å². The number of phenols is 1. The fourth-order valence-corrected chi connectivity index (χ4v) is 3.69. The van der Waals surface area contributed by atoms with Gasteiger partial charge in [0.25, 0.3) is 10.1 Å². The first kappa shape index (κ1) is 23.8. The maximum absolute atomic E-state index is 12.2. The van der Waals surface area contributed by atoms with Crippen molar-refractivity contribution in [3.63, 3.8) is 0 Å². The average molecular weight is 459 g/mol. The smallest absolute Gasteiger partial charge is 0.298 e. The van der Waals surface area contributed by atoms with Gasteiger partial charge in [0.2, 0.25) is 5.91 Å². The Hall–Kier alpha value is -2.47. The molecule has 1 atom stereocenters. The number of nitrogens with zero attached hydrogens (tertiary/aromatic N) is 2. The number of nitrogens with one attached hydrogen (secondary N) is 1. The molecule has 1 aromatic carbocycles. The van der Waals surface area contributed by atoms with Crippen molar-refractivity contribution < 1.29 is 27.7 Å².